The predicted molar refractivity (Wildman–Crippen MR) is 189 cm³/mol. The SMILES string of the molecule is NCC1CCC(CNC(=O)c2cccc(-c3cccc(CN(CCc4ccc(O)cc4)C(=O)C=Cc4ccc(Br)cc4)c3)c2)CC1. The molecule has 7 heteroatoms. The van der Waals surface area contributed by atoms with Crippen LogP contribution in [0, 0.1) is 11.8 Å². The molecule has 0 spiro atoms. The fraction of sp³-hybridized carbons (Fsp3) is 0.282. The summed E-state index contributed by atoms with van der Waals surface area (Å²) in [6.45, 7) is 2.40. The third kappa shape index (κ3) is 9.65. The lowest BCUT2D eigenvalue weighted by molar-refractivity contribution is -0.126. The zero-order chi connectivity index (χ0) is 32.3. The van der Waals surface area contributed by atoms with Gasteiger partial charge >= 0.3 is 0 Å². The summed E-state index contributed by atoms with van der Waals surface area (Å²) < 4.78 is 0.985. The number of nitrogens with zero attached hydrogens (tertiary/aromatic N) is 1. The molecule has 6 nitrogen and oxygen atoms in total. The molecule has 0 bridgehead atoms. The van der Waals surface area contributed by atoms with Gasteiger partial charge in [0.2, 0.25) is 5.91 Å². The number of hydrogen-bond acceptors (Lipinski definition) is 4. The van der Waals surface area contributed by atoms with Crippen molar-refractivity contribution in [3.8, 4) is 16.9 Å². The van der Waals surface area contributed by atoms with E-state index >= 15 is 0 Å². The van der Waals surface area contributed by atoms with E-state index in [0.717, 1.165) is 64.5 Å². The molecule has 1 aliphatic carbocycles. The van der Waals surface area contributed by atoms with Crippen LogP contribution in [0.25, 0.3) is 17.2 Å². The lowest BCUT2D eigenvalue weighted by Crippen LogP contribution is -2.32. The Hall–Kier alpha value is -4.20. The van der Waals surface area contributed by atoms with Gasteiger partial charge in [-0.2, -0.15) is 0 Å². The number of hydrogen-bond donors (Lipinski definition) is 3. The van der Waals surface area contributed by atoms with E-state index in [1.165, 1.54) is 0 Å². The number of rotatable bonds is 12. The van der Waals surface area contributed by atoms with Crippen molar-refractivity contribution < 1.29 is 14.7 Å². The number of phenols is 1. The fourth-order valence-electron chi connectivity index (χ4n) is 5.96. The molecule has 4 aromatic carbocycles. The molecule has 0 unspecified atom stereocenters. The fourth-order valence-corrected chi connectivity index (χ4v) is 6.23. The van der Waals surface area contributed by atoms with Crippen molar-refractivity contribution in [2.45, 2.75) is 38.6 Å². The summed E-state index contributed by atoms with van der Waals surface area (Å²) in [5.74, 6) is 1.22. The maximum Gasteiger partial charge on any atom is 0.251 e. The summed E-state index contributed by atoms with van der Waals surface area (Å²) in [4.78, 5) is 28.4. The van der Waals surface area contributed by atoms with Gasteiger partial charge < -0.3 is 21.1 Å². The van der Waals surface area contributed by atoms with Crippen LogP contribution >= 0.6 is 15.9 Å². The Labute approximate surface area is 280 Å². The van der Waals surface area contributed by atoms with Crippen LogP contribution in [-0.2, 0) is 17.8 Å². The van der Waals surface area contributed by atoms with Crippen LogP contribution in [0.4, 0.5) is 0 Å². The Morgan fingerprint density at radius 3 is 2.24 bits per heavy atom. The zero-order valence-electron chi connectivity index (χ0n) is 26.1. The first kappa shape index (κ1) is 33.2. The molecule has 4 aromatic rings. The number of nitrogens with two attached hydrogens (primary N) is 1. The minimum Gasteiger partial charge on any atom is -0.508 e. The monoisotopic (exact) mass is 679 g/mol. The number of amides is 2. The zero-order valence-corrected chi connectivity index (χ0v) is 27.7. The molecule has 4 N–H and O–H groups in total. The van der Waals surface area contributed by atoms with E-state index in [4.69, 9.17) is 5.73 Å². The van der Waals surface area contributed by atoms with Gasteiger partial charge in [0.1, 0.15) is 5.75 Å². The van der Waals surface area contributed by atoms with E-state index in [0.29, 0.717) is 43.5 Å². The molecular weight excluding hydrogens is 638 g/mol. The standard InChI is InChI=1S/C39H42BrN3O3/c40-36-16-11-28(12-17-36)15-20-38(45)43(22-21-29-13-18-37(44)19-14-29)27-32-3-1-4-33(23-32)34-5-2-6-35(24-34)39(46)42-26-31-9-7-30(25-41)8-10-31/h1-6,11-20,23-24,30-31,44H,7-10,21-22,25-27,41H2,(H,42,46). The average molecular weight is 681 g/mol. The molecule has 1 fully saturated rings. The maximum absolute atomic E-state index is 13.5. The van der Waals surface area contributed by atoms with Crippen LogP contribution < -0.4 is 11.1 Å². The largest absolute Gasteiger partial charge is 0.508 e. The highest BCUT2D eigenvalue weighted by Crippen LogP contribution is 2.28. The van der Waals surface area contributed by atoms with Crippen LogP contribution in [0.15, 0.2) is 108 Å². The van der Waals surface area contributed by atoms with Crippen LogP contribution in [0.1, 0.15) is 52.7 Å². The van der Waals surface area contributed by atoms with Gasteiger partial charge in [-0.15, -0.1) is 0 Å². The molecular formula is C39H42BrN3O3. The van der Waals surface area contributed by atoms with Crippen LogP contribution in [0.2, 0.25) is 0 Å². The van der Waals surface area contributed by atoms with Crippen LogP contribution in [0.5, 0.6) is 5.75 Å². The van der Waals surface area contributed by atoms with Gasteiger partial charge in [-0.05, 0) is 127 Å². The molecule has 5 rings (SSSR count). The quantitative estimate of drug-likeness (QED) is 0.134. The van der Waals surface area contributed by atoms with Gasteiger partial charge in [0.25, 0.3) is 5.91 Å². The second-order valence-corrected chi connectivity index (χ2v) is 13.1. The van der Waals surface area contributed by atoms with Crippen molar-refractivity contribution in [3.63, 3.8) is 0 Å². The lowest BCUT2D eigenvalue weighted by Gasteiger charge is -2.27. The van der Waals surface area contributed by atoms with E-state index in [1.54, 1.807) is 18.2 Å². The van der Waals surface area contributed by atoms with Crippen LogP contribution in [0.3, 0.4) is 0 Å². The van der Waals surface area contributed by atoms with Gasteiger partial charge in [-0.3, -0.25) is 9.59 Å². The van der Waals surface area contributed by atoms with E-state index in [9.17, 15) is 14.7 Å². The first-order valence-corrected chi connectivity index (χ1v) is 16.8. The number of nitrogens with one attached hydrogen (secondary N) is 1. The van der Waals surface area contributed by atoms with Gasteiger partial charge in [0.05, 0.1) is 0 Å². The molecule has 0 aromatic heterocycles. The number of aromatic hydroxyl groups is 1. The molecule has 0 saturated heterocycles. The van der Waals surface area contributed by atoms with Gasteiger partial charge in [-0.1, -0.05) is 70.5 Å². The van der Waals surface area contributed by atoms with Crippen molar-refractivity contribution in [3.05, 3.63) is 130 Å². The summed E-state index contributed by atoms with van der Waals surface area (Å²) >= 11 is 3.45. The third-order valence-corrected chi connectivity index (χ3v) is 9.34. The average Bonchev–Trinajstić information content (AvgIpc) is 3.09. The first-order chi connectivity index (χ1) is 22.4. The molecule has 2 amide bonds. The number of carbonyl (C=O) groups excluding carboxylic acids is 2. The number of halogens is 1. The minimum absolute atomic E-state index is 0.0532. The number of phenolic OH excluding ortho intramolecular Hbond substituents is 1. The molecule has 46 heavy (non-hydrogen) atoms. The minimum atomic E-state index is -0.0812. The van der Waals surface area contributed by atoms with Crippen molar-refractivity contribution in [1.82, 2.24) is 10.2 Å². The highest BCUT2D eigenvalue weighted by atomic mass is 79.9. The number of benzene rings is 4. The van der Waals surface area contributed by atoms with E-state index < -0.39 is 0 Å². The smallest absolute Gasteiger partial charge is 0.251 e. The topological polar surface area (TPSA) is 95.7 Å². The molecule has 238 valence electrons. The molecule has 0 heterocycles. The van der Waals surface area contributed by atoms with Gasteiger partial charge in [0.15, 0.2) is 0 Å². The van der Waals surface area contributed by atoms with Gasteiger partial charge in [-0.25, -0.2) is 0 Å². The Balaban J connectivity index is 1.27. The van der Waals surface area contributed by atoms with E-state index in [1.807, 2.05) is 89.8 Å². The van der Waals surface area contributed by atoms with Crippen LogP contribution in [-0.4, -0.2) is 41.5 Å². The van der Waals surface area contributed by atoms with Crippen molar-refractivity contribution >= 4 is 33.8 Å². The summed E-state index contributed by atoms with van der Waals surface area (Å²) in [6.07, 6.45) is 8.63. The summed E-state index contributed by atoms with van der Waals surface area (Å²) in [5.41, 5.74) is 11.4. The van der Waals surface area contributed by atoms with Crippen molar-refractivity contribution in [1.29, 1.82) is 0 Å². The molecule has 1 aliphatic rings. The Morgan fingerprint density at radius 1 is 0.848 bits per heavy atom. The summed E-state index contributed by atoms with van der Waals surface area (Å²) in [5, 5.41) is 12.8. The van der Waals surface area contributed by atoms with Crippen molar-refractivity contribution in [2.24, 2.45) is 17.6 Å². The van der Waals surface area contributed by atoms with Gasteiger partial charge in [0, 0.05) is 35.7 Å². The molecule has 1 saturated carbocycles. The molecule has 0 radical (unpaired) electrons. The highest BCUT2D eigenvalue weighted by Gasteiger charge is 2.21. The Bertz CT molecular complexity index is 1630. The second-order valence-electron chi connectivity index (χ2n) is 12.2. The Morgan fingerprint density at radius 2 is 1.52 bits per heavy atom. The number of carbonyl (C=O) groups is 2. The predicted octanol–water partition coefficient (Wildman–Crippen LogP) is 7.60. The third-order valence-electron chi connectivity index (χ3n) is 8.82. The first-order valence-electron chi connectivity index (χ1n) is 16.0. The second kappa shape index (κ2) is 16.4. The van der Waals surface area contributed by atoms with Crippen molar-refractivity contribution in [2.75, 3.05) is 19.6 Å². The lowest BCUT2D eigenvalue weighted by atomic mass is 9.82. The maximum atomic E-state index is 13.5. The van der Waals surface area contributed by atoms with E-state index in [2.05, 4.69) is 27.3 Å². The van der Waals surface area contributed by atoms with E-state index in [-0.39, 0.29) is 17.6 Å². The Kier molecular flexibility index (Phi) is 11.8. The molecule has 0 aliphatic heterocycles. The normalized spacial score (nSPS) is 16.3. The summed E-state index contributed by atoms with van der Waals surface area (Å²) in [7, 11) is 0. The summed E-state index contributed by atoms with van der Waals surface area (Å²) in [6, 6.07) is 30.8. The molecule has 0 atom stereocenters. The highest BCUT2D eigenvalue weighted by molar-refractivity contribution is 9.10.